The van der Waals surface area contributed by atoms with Crippen LogP contribution < -0.4 is 15.4 Å². The molecule has 0 aliphatic carbocycles. The van der Waals surface area contributed by atoms with Crippen molar-refractivity contribution in [1.82, 2.24) is 0 Å². The zero-order chi connectivity index (χ0) is 14.9. The number of ether oxygens (including phenoxy) is 2. The molecule has 0 saturated carbocycles. The maximum atomic E-state index is 6.26. The van der Waals surface area contributed by atoms with E-state index in [1.54, 1.807) is 0 Å². The molecule has 21 heavy (non-hydrogen) atoms. The summed E-state index contributed by atoms with van der Waals surface area (Å²) in [5.41, 5.74) is 7.42. The van der Waals surface area contributed by atoms with E-state index in [9.17, 15) is 0 Å². The molecule has 2 atom stereocenters. The van der Waals surface area contributed by atoms with E-state index < -0.39 is 0 Å². The number of anilines is 1. The van der Waals surface area contributed by atoms with Gasteiger partial charge in [-0.2, -0.15) is 0 Å². The van der Waals surface area contributed by atoms with Gasteiger partial charge in [-0.3, -0.25) is 0 Å². The first-order valence-electron chi connectivity index (χ1n) is 8.00. The molecule has 4 nitrogen and oxygen atoms in total. The van der Waals surface area contributed by atoms with Crippen LogP contribution >= 0.6 is 0 Å². The van der Waals surface area contributed by atoms with Gasteiger partial charge < -0.3 is 20.1 Å². The highest BCUT2D eigenvalue weighted by atomic mass is 16.5. The predicted octanol–water partition coefficient (Wildman–Crippen LogP) is 2.56. The Bertz CT molecular complexity index is 481. The van der Waals surface area contributed by atoms with Crippen LogP contribution in [0.15, 0.2) is 24.3 Å². The fraction of sp³-hybridized carbons (Fsp3) is 0.647. The Balaban J connectivity index is 2.00. The van der Waals surface area contributed by atoms with Gasteiger partial charge in [-0.15, -0.1) is 0 Å². The average molecular weight is 290 g/mol. The highest BCUT2D eigenvalue weighted by Crippen LogP contribution is 2.41. The van der Waals surface area contributed by atoms with Gasteiger partial charge in [0.15, 0.2) is 0 Å². The minimum atomic E-state index is -0.0269. The van der Waals surface area contributed by atoms with Crippen molar-refractivity contribution in [2.45, 2.75) is 50.9 Å². The second kappa shape index (κ2) is 5.85. The number of hydrogen-bond donors (Lipinski definition) is 1. The molecule has 0 amide bonds. The minimum Gasteiger partial charge on any atom is -0.491 e. The molecule has 2 aliphatic rings. The van der Waals surface area contributed by atoms with Crippen molar-refractivity contribution in [1.29, 1.82) is 0 Å². The molecule has 1 aromatic rings. The molecule has 1 saturated heterocycles. The number of nitrogens with zero attached hydrogens (tertiary/aromatic N) is 1. The van der Waals surface area contributed by atoms with Crippen LogP contribution in [-0.2, 0) is 4.74 Å². The Kier molecular flexibility index (Phi) is 4.09. The van der Waals surface area contributed by atoms with E-state index in [-0.39, 0.29) is 17.7 Å². The van der Waals surface area contributed by atoms with Gasteiger partial charge in [0.1, 0.15) is 5.75 Å². The number of rotatable bonds is 2. The fourth-order valence-electron chi connectivity index (χ4n) is 3.96. The molecule has 1 aromatic carbocycles. The highest BCUT2D eigenvalue weighted by Gasteiger charge is 2.43. The average Bonchev–Trinajstić information content (AvgIpc) is 2.68. The van der Waals surface area contributed by atoms with E-state index in [0.717, 1.165) is 38.2 Å². The first-order valence-corrected chi connectivity index (χ1v) is 8.00. The van der Waals surface area contributed by atoms with Crippen molar-refractivity contribution in [3.8, 4) is 5.75 Å². The van der Waals surface area contributed by atoms with Crippen LogP contribution in [0.3, 0.4) is 0 Å². The van der Waals surface area contributed by atoms with Crippen LogP contribution in [-0.4, -0.2) is 37.4 Å². The van der Waals surface area contributed by atoms with Crippen molar-refractivity contribution >= 4 is 5.69 Å². The van der Waals surface area contributed by atoms with Gasteiger partial charge in [0, 0.05) is 13.1 Å². The second-order valence-electron chi connectivity index (χ2n) is 6.42. The molecule has 2 unspecified atom stereocenters. The molecule has 116 valence electrons. The van der Waals surface area contributed by atoms with Gasteiger partial charge >= 0.3 is 0 Å². The maximum Gasteiger partial charge on any atom is 0.142 e. The van der Waals surface area contributed by atoms with E-state index in [2.05, 4.69) is 36.9 Å². The zero-order valence-corrected chi connectivity index (χ0v) is 13.0. The molecule has 2 aliphatic heterocycles. The summed E-state index contributed by atoms with van der Waals surface area (Å²) >= 11 is 0. The van der Waals surface area contributed by atoms with Crippen LogP contribution in [0.4, 0.5) is 5.69 Å². The predicted molar refractivity (Wildman–Crippen MR) is 84.9 cm³/mol. The third kappa shape index (κ3) is 2.74. The number of para-hydroxylation sites is 2. The van der Waals surface area contributed by atoms with Crippen molar-refractivity contribution in [2.75, 3.05) is 24.6 Å². The molecular formula is C17H26N2O2. The molecule has 1 fully saturated rings. The summed E-state index contributed by atoms with van der Waals surface area (Å²) in [4.78, 5) is 2.49. The lowest BCUT2D eigenvalue weighted by Gasteiger charge is -2.50. The molecule has 0 spiro atoms. The number of hydrogen-bond acceptors (Lipinski definition) is 4. The SMILES string of the molecule is CC1CC(CN)(N2CCCOc3ccccc32)CC(C)O1. The van der Waals surface area contributed by atoms with Crippen molar-refractivity contribution in [3.63, 3.8) is 0 Å². The van der Waals surface area contributed by atoms with E-state index in [0.29, 0.717) is 6.54 Å². The van der Waals surface area contributed by atoms with Crippen molar-refractivity contribution in [3.05, 3.63) is 24.3 Å². The van der Waals surface area contributed by atoms with Crippen LogP contribution in [0.25, 0.3) is 0 Å². The molecule has 3 rings (SSSR count). The Labute approximate surface area is 127 Å². The third-order valence-electron chi connectivity index (χ3n) is 4.69. The van der Waals surface area contributed by atoms with Gasteiger partial charge in [0.05, 0.1) is 30.0 Å². The van der Waals surface area contributed by atoms with E-state index in [1.807, 2.05) is 6.07 Å². The molecule has 0 aromatic heterocycles. The summed E-state index contributed by atoms with van der Waals surface area (Å²) in [5, 5.41) is 0. The second-order valence-corrected chi connectivity index (χ2v) is 6.42. The Hall–Kier alpha value is -1.26. The number of benzene rings is 1. The van der Waals surface area contributed by atoms with E-state index in [4.69, 9.17) is 15.2 Å². The topological polar surface area (TPSA) is 47.7 Å². The first-order chi connectivity index (χ1) is 10.1. The standard InChI is InChI=1S/C17H26N2O2/c1-13-10-17(12-18,11-14(2)21-13)19-8-5-9-20-16-7-4-3-6-15(16)19/h3-4,6-7,13-14H,5,8-12,18H2,1-2H3. The Morgan fingerprint density at radius 2 is 1.95 bits per heavy atom. The lowest BCUT2D eigenvalue weighted by molar-refractivity contribution is -0.0600. The quantitative estimate of drug-likeness (QED) is 0.909. The van der Waals surface area contributed by atoms with Gasteiger partial charge in [0.25, 0.3) is 0 Å². The van der Waals surface area contributed by atoms with Gasteiger partial charge in [-0.1, -0.05) is 12.1 Å². The smallest absolute Gasteiger partial charge is 0.142 e. The highest BCUT2D eigenvalue weighted by molar-refractivity contribution is 5.61. The summed E-state index contributed by atoms with van der Waals surface area (Å²) in [7, 11) is 0. The number of nitrogens with two attached hydrogens (primary N) is 1. The molecule has 0 radical (unpaired) electrons. The van der Waals surface area contributed by atoms with Crippen LogP contribution in [0.2, 0.25) is 0 Å². The van der Waals surface area contributed by atoms with E-state index in [1.165, 1.54) is 5.69 Å². The summed E-state index contributed by atoms with van der Waals surface area (Å²) in [6.45, 7) is 6.73. The normalized spacial score (nSPS) is 33.0. The molecule has 4 heteroatoms. The summed E-state index contributed by atoms with van der Waals surface area (Å²) < 4.78 is 11.8. The largest absolute Gasteiger partial charge is 0.491 e. The summed E-state index contributed by atoms with van der Waals surface area (Å²) in [5.74, 6) is 0.981. The summed E-state index contributed by atoms with van der Waals surface area (Å²) in [6, 6.07) is 8.33. The zero-order valence-electron chi connectivity index (χ0n) is 13.0. The van der Waals surface area contributed by atoms with Crippen LogP contribution in [0.5, 0.6) is 5.75 Å². The lowest BCUT2D eigenvalue weighted by Crippen LogP contribution is -2.60. The van der Waals surface area contributed by atoms with Gasteiger partial charge in [0.2, 0.25) is 0 Å². The first kappa shape index (κ1) is 14.7. The monoisotopic (exact) mass is 290 g/mol. The van der Waals surface area contributed by atoms with Crippen LogP contribution in [0.1, 0.15) is 33.1 Å². The van der Waals surface area contributed by atoms with E-state index >= 15 is 0 Å². The van der Waals surface area contributed by atoms with Gasteiger partial charge in [-0.05, 0) is 45.2 Å². The lowest BCUT2D eigenvalue weighted by atomic mass is 9.82. The van der Waals surface area contributed by atoms with Crippen molar-refractivity contribution < 1.29 is 9.47 Å². The molecule has 2 N–H and O–H groups in total. The minimum absolute atomic E-state index is 0.0269. The van der Waals surface area contributed by atoms with Crippen molar-refractivity contribution in [2.24, 2.45) is 5.73 Å². The Morgan fingerprint density at radius 3 is 2.67 bits per heavy atom. The Morgan fingerprint density at radius 1 is 1.24 bits per heavy atom. The number of fused-ring (bicyclic) bond motifs is 1. The molecular weight excluding hydrogens is 264 g/mol. The fourth-order valence-corrected chi connectivity index (χ4v) is 3.96. The third-order valence-corrected chi connectivity index (χ3v) is 4.69. The van der Waals surface area contributed by atoms with Crippen LogP contribution in [0, 0.1) is 0 Å². The summed E-state index contributed by atoms with van der Waals surface area (Å²) in [6.07, 6.45) is 3.46. The molecule has 2 heterocycles. The van der Waals surface area contributed by atoms with Gasteiger partial charge in [-0.25, -0.2) is 0 Å². The molecule has 0 bridgehead atoms. The maximum absolute atomic E-state index is 6.26.